The zero-order valence-corrected chi connectivity index (χ0v) is 15.6. The molecule has 1 fully saturated rings. The molecule has 0 aromatic heterocycles. The Bertz CT molecular complexity index is 984. The number of aryl methyl sites for hydroxylation is 1. The van der Waals surface area contributed by atoms with E-state index < -0.39 is 22.8 Å². The van der Waals surface area contributed by atoms with Gasteiger partial charge in [-0.15, -0.1) is 0 Å². The summed E-state index contributed by atoms with van der Waals surface area (Å²) < 4.78 is 4.96. The van der Waals surface area contributed by atoms with Crippen LogP contribution < -0.4 is 9.80 Å². The Kier molecular flexibility index (Phi) is 3.47. The molecule has 0 N–H and O–H groups in total. The van der Waals surface area contributed by atoms with E-state index in [1.807, 2.05) is 31.2 Å². The fraction of sp³-hybridized carbons (Fsp3) is 0.286. The number of methoxy groups -OCH3 is 1. The molecule has 1 spiro atoms. The van der Waals surface area contributed by atoms with E-state index in [0.717, 1.165) is 5.56 Å². The van der Waals surface area contributed by atoms with Crippen molar-refractivity contribution >= 4 is 29.2 Å². The van der Waals surface area contributed by atoms with Crippen LogP contribution in [0.2, 0.25) is 0 Å². The third-order valence-electron chi connectivity index (χ3n) is 5.84. The lowest BCUT2D eigenvalue weighted by Crippen LogP contribution is -2.80. The predicted octanol–water partition coefficient (Wildman–Crippen LogP) is 2.39. The Morgan fingerprint density at radius 1 is 1.00 bits per heavy atom. The van der Waals surface area contributed by atoms with Gasteiger partial charge in [-0.1, -0.05) is 35.9 Å². The molecule has 0 saturated carbocycles. The third-order valence-corrected chi connectivity index (χ3v) is 5.84. The molecule has 2 aromatic carbocycles. The van der Waals surface area contributed by atoms with Crippen LogP contribution in [0.25, 0.3) is 0 Å². The average Bonchev–Trinajstić information content (AvgIpc) is 2.92. The van der Waals surface area contributed by atoms with Gasteiger partial charge < -0.3 is 9.64 Å². The Morgan fingerprint density at radius 2 is 1.63 bits per heavy atom. The zero-order chi connectivity index (χ0) is 19.6. The van der Waals surface area contributed by atoms with Gasteiger partial charge in [0.15, 0.2) is 11.0 Å². The van der Waals surface area contributed by atoms with Crippen molar-refractivity contribution in [2.24, 2.45) is 5.41 Å². The number of para-hydroxylation sites is 1. The molecular formula is C21H20N2O4. The Balaban J connectivity index is 2.03. The van der Waals surface area contributed by atoms with Gasteiger partial charge in [0.1, 0.15) is 0 Å². The lowest BCUT2D eigenvalue weighted by Gasteiger charge is -2.58. The summed E-state index contributed by atoms with van der Waals surface area (Å²) in [5.41, 5.74) is -0.174. The largest absolute Gasteiger partial charge is 0.468 e. The summed E-state index contributed by atoms with van der Waals surface area (Å²) in [6.45, 7) is 3.44. The number of hydrogen-bond donors (Lipinski definition) is 0. The van der Waals surface area contributed by atoms with Gasteiger partial charge in [0.25, 0.3) is 5.91 Å². The average molecular weight is 364 g/mol. The highest BCUT2D eigenvalue weighted by Crippen LogP contribution is 2.62. The van der Waals surface area contributed by atoms with Crippen LogP contribution in [0.15, 0.2) is 48.5 Å². The maximum Gasteiger partial charge on any atom is 0.324 e. The number of ether oxygens (including phenoxy) is 1. The van der Waals surface area contributed by atoms with Crippen molar-refractivity contribution in [3.63, 3.8) is 0 Å². The molecule has 27 heavy (non-hydrogen) atoms. The van der Waals surface area contributed by atoms with Crippen molar-refractivity contribution in [3.8, 4) is 0 Å². The minimum absolute atomic E-state index is 0.322. The van der Waals surface area contributed by atoms with E-state index in [-0.39, 0.29) is 5.91 Å². The van der Waals surface area contributed by atoms with Crippen LogP contribution >= 0.6 is 0 Å². The van der Waals surface area contributed by atoms with Crippen LogP contribution in [0, 0.1) is 12.3 Å². The number of rotatable bonds is 2. The number of hydrogen-bond acceptors (Lipinski definition) is 4. The minimum Gasteiger partial charge on any atom is -0.468 e. The molecular weight excluding hydrogens is 344 g/mol. The first-order chi connectivity index (χ1) is 12.8. The molecule has 4 rings (SSSR count). The number of anilines is 2. The van der Waals surface area contributed by atoms with Crippen LogP contribution in [-0.2, 0) is 24.7 Å². The monoisotopic (exact) mass is 364 g/mol. The summed E-state index contributed by atoms with van der Waals surface area (Å²) in [5, 5.41) is 0. The topological polar surface area (TPSA) is 66.9 Å². The summed E-state index contributed by atoms with van der Waals surface area (Å²) in [4.78, 5) is 42.5. The number of carbonyl (C=O) groups is 3. The molecule has 0 bridgehead atoms. The van der Waals surface area contributed by atoms with Gasteiger partial charge in [-0.2, -0.15) is 0 Å². The van der Waals surface area contributed by atoms with Gasteiger partial charge >= 0.3 is 5.97 Å². The Morgan fingerprint density at radius 3 is 2.26 bits per heavy atom. The number of amides is 2. The SMILES string of the molecule is COC(=O)C1(C)C(=O)N(c2ccc(C)cc2)C12C(=O)N(C)c1ccccc12. The summed E-state index contributed by atoms with van der Waals surface area (Å²) in [6.07, 6.45) is 0. The maximum absolute atomic E-state index is 13.5. The minimum atomic E-state index is -1.63. The van der Waals surface area contributed by atoms with Gasteiger partial charge in [0.05, 0.1) is 7.11 Å². The summed E-state index contributed by atoms with van der Waals surface area (Å²) in [6, 6.07) is 14.6. The van der Waals surface area contributed by atoms with Gasteiger partial charge in [-0.05, 0) is 32.0 Å². The molecule has 138 valence electrons. The number of likely N-dealkylation sites (N-methyl/N-ethyl adjacent to an activating group) is 1. The molecule has 2 aromatic rings. The molecule has 1 saturated heterocycles. The number of benzene rings is 2. The molecule has 6 heteroatoms. The van der Waals surface area contributed by atoms with Crippen molar-refractivity contribution in [1.29, 1.82) is 0 Å². The molecule has 0 radical (unpaired) electrons. The molecule has 0 aliphatic carbocycles. The fourth-order valence-corrected chi connectivity index (χ4v) is 4.38. The lowest BCUT2D eigenvalue weighted by molar-refractivity contribution is -0.175. The van der Waals surface area contributed by atoms with Gasteiger partial charge in [-0.3, -0.25) is 19.3 Å². The van der Waals surface area contributed by atoms with Crippen molar-refractivity contribution in [3.05, 3.63) is 59.7 Å². The molecule has 2 atom stereocenters. The lowest BCUT2D eigenvalue weighted by atomic mass is 9.58. The normalized spacial score (nSPS) is 26.2. The second-order valence-corrected chi connectivity index (χ2v) is 7.18. The highest BCUT2D eigenvalue weighted by atomic mass is 16.5. The Labute approximate surface area is 157 Å². The molecule has 2 unspecified atom stereocenters. The fourth-order valence-electron chi connectivity index (χ4n) is 4.38. The van der Waals surface area contributed by atoms with Crippen LogP contribution in [0.3, 0.4) is 0 Å². The van der Waals surface area contributed by atoms with Crippen molar-refractivity contribution in [2.75, 3.05) is 24.0 Å². The van der Waals surface area contributed by atoms with Crippen molar-refractivity contribution in [2.45, 2.75) is 19.4 Å². The summed E-state index contributed by atoms with van der Waals surface area (Å²) in [7, 11) is 2.89. The van der Waals surface area contributed by atoms with Crippen LogP contribution in [-0.4, -0.2) is 31.9 Å². The quantitative estimate of drug-likeness (QED) is 0.466. The number of fused-ring (bicyclic) bond motifs is 2. The van der Waals surface area contributed by atoms with E-state index in [2.05, 4.69) is 0 Å². The van der Waals surface area contributed by atoms with Gasteiger partial charge in [0, 0.05) is 24.0 Å². The number of esters is 1. The van der Waals surface area contributed by atoms with Crippen LogP contribution in [0.5, 0.6) is 0 Å². The second kappa shape index (κ2) is 5.42. The molecule has 6 nitrogen and oxygen atoms in total. The highest BCUT2D eigenvalue weighted by molar-refractivity contribution is 6.30. The first-order valence-electron chi connectivity index (χ1n) is 8.69. The number of nitrogens with zero attached hydrogens (tertiary/aromatic N) is 2. The van der Waals surface area contributed by atoms with E-state index in [1.165, 1.54) is 23.8 Å². The van der Waals surface area contributed by atoms with Crippen molar-refractivity contribution < 1.29 is 19.1 Å². The smallest absolute Gasteiger partial charge is 0.324 e. The third kappa shape index (κ3) is 1.77. The van der Waals surface area contributed by atoms with E-state index in [1.54, 1.807) is 31.3 Å². The standard InChI is InChI=1S/C21H20N2O4/c1-13-9-11-14(12-10-13)23-17(24)20(2,19(26)27-4)21(23)15-7-5-6-8-16(15)22(3)18(21)25/h5-12H,1-4H3. The van der Waals surface area contributed by atoms with E-state index >= 15 is 0 Å². The number of carbonyl (C=O) groups excluding carboxylic acids is 3. The molecule has 2 heterocycles. The van der Waals surface area contributed by atoms with Crippen LogP contribution in [0.4, 0.5) is 11.4 Å². The predicted molar refractivity (Wildman–Crippen MR) is 100 cm³/mol. The molecule has 2 aliphatic heterocycles. The summed E-state index contributed by atoms with van der Waals surface area (Å²) in [5.74, 6) is -1.48. The van der Waals surface area contributed by atoms with Gasteiger partial charge in [0.2, 0.25) is 5.91 Å². The molecule has 2 aliphatic rings. The van der Waals surface area contributed by atoms with Crippen molar-refractivity contribution in [1.82, 2.24) is 0 Å². The zero-order valence-electron chi connectivity index (χ0n) is 15.6. The first-order valence-corrected chi connectivity index (χ1v) is 8.69. The highest BCUT2D eigenvalue weighted by Gasteiger charge is 2.81. The first kappa shape index (κ1) is 17.3. The van der Waals surface area contributed by atoms with E-state index in [4.69, 9.17) is 4.74 Å². The van der Waals surface area contributed by atoms with Crippen LogP contribution in [0.1, 0.15) is 18.1 Å². The molecule has 2 amide bonds. The number of β-lactam (4-membered cyclic amide) rings is 1. The maximum atomic E-state index is 13.5. The van der Waals surface area contributed by atoms with E-state index in [9.17, 15) is 14.4 Å². The van der Waals surface area contributed by atoms with Gasteiger partial charge in [-0.25, -0.2) is 0 Å². The summed E-state index contributed by atoms with van der Waals surface area (Å²) >= 11 is 0. The Hall–Kier alpha value is -3.15. The second-order valence-electron chi connectivity index (χ2n) is 7.18. The van der Waals surface area contributed by atoms with E-state index in [0.29, 0.717) is 16.9 Å².